The molecule has 3 aromatic rings. The van der Waals surface area contributed by atoms with Crippen LogP contribution in [-0.4, -0.2) is 40.8 Å². The maximum atomic E-state index is 12.5. The van der Waals surface area contributed by atoms with Crippen LogP contribution < -0.4 is 10.9 Å². The maximum absolute atomic E-state index is 12.5. The van der Waals surface area contributed by atoms with E-state index in [-0.39, 0.29) is 11.5 Å². The highest BCUT2D eigenvalue weighted by molar-refractivity contribution is 8.00. The van der Waals surface area contributed by atoms with Crippen molar-refractivity contribution in [2.24, 2.45) is 5.92 Å². The average Bonchev–Trinajstić information content (AvgIpc) is 2.82. The molecule has 0 atom stereocenters. The number of nitrogens with zero attached hydrogens (tertiary/aromatic N) is 2. The summed E-state index contributed by atoms with van der Waals surface area (Å²) in [6.07, 6.45) is 2.22. The predicted molar refractivity (Wildman–Crippen MR) is 137 cm³/mol. The molecule has 1 aromatic heterocycles. The van der Waals surface area contributed by atoms with Gasteiger partial charge in [-0.3, -0.25) is 14.5 Å². The smallest absolute Gasteiger partial charge is 0.252 e. The number of benzene rings is 2. The lowest BCUT2D eigenvalue weighted by molar-refractivity contribution is -0.118. The van der Waals surface area contributed by atoms with Crippen LogP contribution in [0.25, 0.3) is 10.9 Å². The standard InChI is InChI=1S/C27H33N3O2S/c1-3-30-24-10-5-4-9-23(24)25(16-27(30)32)33-19-26(31)28-17-21-11-13-29(14-12-21)18-22-8-6-7-20(2)15-22/h4-10,15-16,21H,3,11-14,17-19H2,1-2H3,(H,28,31). The summed E-state index contributed by atoms with van der Waals surface area (Å²) in [4.78, 5) is 28.4. The van der Waals surface area contributed by atoms with Crippen LogP contribution in [0.4, 0.5) is 0 Å². The molecule has 0 saturated carbocycles. The van der Waals surface area contributed by atoms with E-state index in [0.717, 1.165) is 54.8 Å². The molecule has 33 heavy (non-hydrogen) atoms. The molecule has 1 aliphatic rings. The molecule has 4 rings (SSSR count). The summed E-state index contributed by atoms with van der Waals surface area (Å²) in [5.41, 5.74) is 3.59. The number of likely N-dealkylation sites (tertiary alicyclic amines) is 1. The molecular formula is C27H33N3O2S. The van der Waals surface area contributed by atoms with Crippen LogP contribution in [-0.2, 0) is 17.9 Å². The molecule has 2 heterocycles. The van der Waals surface area contributed by atoms with E-state index in [1.165, 1.54) is 22.9 Å². The van der Waals surface area contributed by atoms with Gasteiger partial charge in [-0.2, -0.15) is 0 Å². The zero-order valence-corrected chi connectivity index (χ0v) is 20.4. The molecule has 1 amide bonds. The van der Waals surface area contributed by atoms with Crippen molar-refractivity contribution < 1.29 is 4.79 Å². The summed E-state index contributed by atoms with van der Waals surface area (Å²) in [7, 11) is 0. The van der Waals surface area contributed by atoms with Crippen molar-refractivity contribution in [3.05, 3.63) is 76.1 Å². The fraction of sp³-hybridized carbons (Fsp3) is 0.407. The van der Waals surface area contributed by atoms with Crippen molar-refractivity contribution in [2.75, 3.05) is 25.4 Å². The average molecular weight is 464 g/mol. The lowest BCUT2D eigenvalue weighted by Crippen LogP contribution is -2.38. The second kappa shape index (κ2) is 11.0. The van der Waals surface area contributed by atoms with Gasteiger partial charge < -0.3 is 9.88 Å². The number of hydrogen-bond acceptors (Lipinski definition) is 4. The number of aromatic nitrogens is 1. The molecule has 174 valence electrons. The maximum Gasteiger partial charge on any atom is 0.252 e. The molecule has 1 N–H and O–H groups in total. The molecule has 6 heteroatoms. The number of pyridine rings is 1. The number of nitrogens with one attached hydrogen (secondary N) is 1. The first-order valence-electron chi connectivity index (χ1n) is 11.8. The van der Waals surface area contributed by atoms with E-state index in [9.17, 15) is 9.59 Å². The zero-order chi connectivity index (χ0) is 23.2. The van der Waals surface area contributed by atoms with Gasteiger partial charge in [-0.25, -0.2) is 0 Å². The number of carbonyl (C=O) groups is 1. The molecule has 0 aliphatic carbocycles. The van der Waals surface area contributed by atoms with Gasteiger partial charge in [0.15, 0.2) is 0 Å². The van der Waals surface area contributed by atoms with E-state index in [0.29, 0.717) is 18.2 Å². The third-order valence-corrected chi connectivity index (χ3v) is 7.49. The number of piperidine rings is 1. The molecule has 1 fully saturated rings. The first-order valence-corrected chi connectivity index (χ1v) is 12.8. The topological polar surface area (TPSA) is 54.3 Å². The Morgan fingerprint density at radius 2 is 1.88 bits per heavy atom. The summed E-state index contributed by atoms with van der Waals surface area (Å²) < 4.78 is 1.77. The molecule has 0 unspecified atom stereocenters. The molecule has 0 spiro atoms. The highest BCUT2D eigenvalue weighted by Gasteiger charge is 2.20. The van der Waals surface area contributed by atoms with Crippen LogP contribution in [0.3, 0.4) is 0 Å². The van der Waals surface area contributed by atoms with Gasteiger partial charge in [0.2, 0.25) is 5.91 Å². The number of aryl methyl sites for hydroxylation is 2. The Balaban J connectivity index is 1.24. The Kier molecular flexibility index (Phi) is 7.89. The number of para-hydroxylation sites is 1. The Bertz CT molecular complexity index is 1170. The molecular weight excluding hydrogens is 430 g/mol. The van der Waals surface area contributed by atoms with Gasteiger partial charge in [-0.1, -0.05) is 48.0 Å². The van der Waals surface area contributed by atoms with Gasteiger partial charge in [0, 0.05) is 36.0 Å². The Hall–Kier alpha value is -2.57. The van der Waals surface area contributed by atoms with E-state index in [4.69, 9.17) is 0 Å². The van der Waals surface area contributed by atoms with Gasteiger partial charge in [-0.05, 0) is 57.3 Å². The Morgan fingerprint density at radius 1 is 1.09 bits per heavy atom. The number of amides is 1. The fourth-order valence-electron chi connectivity index (χ4n) is 4.62. The van der Waals surface area contributed by atoms with E-state index in [1.807, 2.05) is 31.2 Å². The minimum absolute atomic E-state index is 0.0171. The second-order valence-corrected chi connectivity index (χ2v) is 9.93. The Morgan fingerprint density at radius 3 is 2.64 bits per heavy atom. The van der Waals surface area contributed by atoms with Crippen LogP contribution in [0.2, 0.25) is 0 Å². The van der Waals surface area contributed by atoms with E-state index < -0.39 is 0 Å². The summed E-state index contributed by atoms with van der Waals surface area (Å²) in [6.45, 7) is 8.62. The quantitative estimate of drug-likeness (QED) is 0.502. The largest absolute Gasteiger partial charge is 0.355 e. The number of fused-ring (bicyclic) bond motifs is 1. The monoisotopic (exact) mass is 463 g/mol. The third kappa shape index (κ3) is 6.06. The van der Waals surface area contributed by atoms with Gasteiger partial charge in [0.05, 0.1) is 11.3 Å². The fourth-order valence-corrected chi connectivity index (χ4v) is 5.52. The number of thioether (sulfide) groups is 1. The summed E-state index contributed by atoms with van der Waals surface area (Å²) in [5, 5.41) is 4.14. The first kappa shape index (κ1) is 23.6. The van der Waals surface area contributed by atoms with Crippen molar-refractivity contribution in [3.63, 3.8) is 0 Å². The van der Waals surface area contributed by atoms with Gasteiger partial charge in [0.25, 0.3) is 5.56 Å². The predicted octanol–water partition coefficient (Wildman–Crippen LogP) is 4.45. The number of hydrogen-bond donors (Lipinski definition) is 1. The SMILES string of the molecule is CCn1c(=O)cc(SCC(=O)NCC2CCN(Cc3cccc(C)c3)CC2)c2ccccc21. The van der Waals surface area contributed by atoms with Crippen LogP contribution in [0.5, 0.6) is 0 Å². The molecule has 0 radical (unpaired) electrons. The van der Waals surface area contributed by atoms with Gasteiger partial charge in [-0.15, -0.1) is 11.8 Å². The van der Waals surface area contributed by atoms with Crippen LogP contribution in [0.1, 0.15) is 30.9 Å². The lowest BCUT2D eigenvalue weighted by atomic mass is 9.96. The zero-order valence-electron chi connectivity index (χ0n) is 19.5. The third-order valence-electron chi connectivity index (χ3n) is 6.44. The van der Waals surface area contributed by atoms with E-state index in [2.05, 4.69) is 41.4 Å². The van der Waals surface area contributed by atoms with E-state index in [1.54, 1.807) is 10.6 Å². The number of rotatable bonds is 8. The number of carbonyl (C=O) groups excluding carboxylic acids is 1. The normalized spacial score (nSPS) is 15.1. The highest BCUT2D eigenvalue weighted by atomic mass is 32.2. The summed E-state index contributed by atoms with van der Waals surface area (Å²) >= 11 is 1.45. The molecule has 1 aliphatic heterocycles. The Labute approximate surface area is 200 Å². The van der Waals surface area contributed by atoms with Crippen molar-refractivity contribution in [1.29, 1.82) is 0 Å². The van der Waals surface area contributed by atoms with Crippen LogP contribution in [0.15, 0.2) is 64.3 Å². The molecule has 0 bridgehead atoms. The van der Waals surface area contributed by atoms with Crippen molar-refractivity contribution >= 4 is 28.6 Å². The molecule has 1 saturated heterocycles. The van der Waals surface area contributed by atoms with Gasteiger partial charge in [0.1, 0.15) is 0 Å². The minimum atomic E-state index is -0.0171. The van der Waals surface area contributed by atoms with Crippen molar-refractivity contribution in [3.8, 4) is 0 Å². The van der Waals surface area contributed by atoms with Crippen molar-refractivity contribution in [1.82, 2.24) is 14.8 Å². The lowest BCUT2D eigenvalue weighted by Gasteiger charge is -2.32. The van der Waals surface area contributed by atoms with E-state index >= 15 is 0 Å². The first-order chi connectivity index (χ1) is 16.0. The van der Waals surface area contributed by atoms with Gasteiger partial charge >= 0.3 is 0 Å². The van der Waals surface area contributed by atoms with Crippen LogP contribution >= 0.6 is 11.8 Å². The molecule has 5 nitrogen and oxygen atoms in total. The highest BCUT2D eigenvalue weighted by Crippen LogP contribution is 2.26. The van der Waals surface area contributed by atoms with Crippen LogP contribution in [0, 0.1) is 12.8 Å². The second-order valence-electron chi connectivity index (χ2n) is 8.91. The molecule has 2 aromatic carbocycles. The summed E-state index contributed by atoms with van der Waals surface area (Å²) in [6, 6.07) is 18.3. The minimum Gasteiger partial charge on any atom is -0.355 e. The summed E-state index contributed by atoms with van der Waals surface area (Å²) in [5.74, 6) is 0.888. The van der Waals surface area contributed by atoms with Crippen molar-refractivity contribution in [2.45, 2.75) is 44.7 Å².